The van der Waals surface area contributed by atoms with Crippen molar-refractivity contribution in [2.24, 2.45) is 0 Å². The predicted octanol–water partition coefficient (Wildman–Crippen LogP) is 2.70. The van der Waals surface area contributed by atoms with Crippen molar-refractivity contribution in [3.63, 3.8) is 0 Å². The van der Waals surface area contributed by atoms with Gasteiger partial charge in [0.1, 0.15) is 11.6 Å². The summed E-state index contributed by atoms with van der Waals surface area (Å²) in [5, 5.41) is 0. The monoisotopic (exact) mass is 277 g/mol. The predicted molar refractivity (Wildman–Crippen MR) is 78.5 cm³/mol. The average molecular weight is 277 g/mol. The Hall–Kier alpha value is -1.78. The van der Waals surface area contributed by atoms with Crippen molar-refractivity contribution < 1.29 is 9.53 Å². The Bertz CT molecular complexity index is 517. The lowest BCUT2D eigenvalue weighted by Gasteiger charge is -2.09. The standard InChI is InChI=1S/C15H23N3O2/c1-3-12-17-13(15(19)20-4-2)14(16)18(12)10-9-11-7-5-6-8-11/h7H,3-6,8-10,16H2,1-2H3. The van der Waals surface area contributed by atoms with Gasteiger partial charge in [-0.15, -0.1) is 0 Å². The largest absolute Gasteiger partial charge is 0.461 e. The molecule has 110 valence electrons. The summed E-state index contributed by atoms with van der Waals surface area (Å²) < 4.78 is 6.94. The Balaban J connectivity index is 2.15. The molecule has 5 nitrogen and oxygen atoms in total. The molecule has 1 aromatic heterocycles. The summed E-state index contributed by atoms with van der Waals surface area (Å²) in [5.74, 6) is 0.849. The van der Waals surface area contributed by atoms with Crippen LogP contribution in [0.5, 0.6) is 0 Å². The highest BCUT2D eigenvalue weighted by Crippen LogP contribution is 2.23. The first-order valence-corrected chi connectivity index (χ1v) is 7.37. The first-order chi connectivity index (χ1) is 9.67. The van der Waals surface area contributed by atoms with Crippen molar-refractivity contribution in [1.82, 2.24) is 9.55 Å². The minimum Gasteiger partial charge on any atom is -0.461 e. The summed E-state index contributed by atoms with van der Waals surface area (Å²) in [4.78, 5) is 16.2. The molecule has 1 aliphatic carbocycles. The van der Waals surface area contributed by atoms with Gasteiger partial charge in [-0.1, -0.05) is 18.6 Å². The molecule has 1 aliphatic rings. The molecule has 0 bridgehead atoms. The number of hydrogen-bond acceptors (Lipinski definition) is 4. The van der Waals surface area contributed by atoms with Gasteiger partial charge >= 0.3 is 5.97 Å². The molecule has 0 saturated heterocycles. The number of esters is 1. The number of carbonyl (C=O) groups excluding carboxylic acids is 1. The van der Waals surface area contributed by atoms with Gasteiger partial charge in [0.2, 0.25) is 0 Å². The highest BCUT2D eigenvalue weighted by molar-refractivity contribution is 5.92. The molecule has 20 heavy (non-hydrogen) atoms. The third kappa shape index (κ3) is 3.03. The Labute approximate surface area is 119 Å². The number of nitrogens with two attached hydrogens (primary N) is 1. The van der Waals surface area contributed by atoms with Crippen molar-refractivity contribution in [2.45, 2.75) is 52.5 Å². The van der Waals surface area contributed by atoms with Gasteiger partial charge < -0.3 is 15.0 Å². The number of carbonyl (C=O) groups is 1. The number of aryl methyl sites for hydroxylation is 1. The van der Waals surface area contributed by atoms with E-state index in [4.69, 9.17) is 10.5 Å². The fourth-order valence-electron chi connectivity index (χ4n) is 2.60. The first kappa shape index (κ1) is 14.6. The summed E-state index contributed by atoms with van der Waals surface area (Å²) in [7, 11) is 0. The SMILES string of the molecule is CCOC(=O)c1nc(CC)n(CCC2=CCCC2)c1N. The molecule has 2 N–H and O–H groups in total. The second-order valence-electron chi connectivity index (χ2n) is 4.99. The fraction of sp³-hybridized carbons (Fsp3) is 0.600. The van der Waals surface area contributed by atoms with Gasteiger partial charge in [0.15, 0.2) is 5.69 Å². The fourth-order valence-corrected chi connectivity index (χ4v) is 2.60. The van der Waals surface area contributed by atoms with Crippen molar-refractivity contribution in [3.8, 4) is 0 Å². The number of rotatable bonds is 6. The van der Waals surface area contributed by atoms with E-state index >= 15 is 0 Å². The third-order valence-corrected chi connectivity index (χ3v) is 3.66. The second kappa shape index (κ2) is 6.59. The highest BCUT2D eigenvalue weighted by atomic mass is 16.5. The van der Waals surface area contributed by atoms with Gasteiger partial charge in [-0.25, -0.2) is 9.78 Å². The molecule has 2 rings (SSSR count). The molecule has 1 heterocycles. The molecule has 0 radical (unpaired) electrons. The molecule has 1 aromatic rings. The zero-order valence-corrected chi connectivity index (χ0v) is 12.3. The summed E-state index contributed by atoms with van der Waals surface area (Å²) in [6.45, 7) is 4.91. The zero-order chi connectivity index (χ0) is 14.5. The second-order valence-corrected chi connectivity index (χ2v) is 4.99. The molecule has 0 saturated carbocycles. The number of allylic oxidation sites excluding steroid dienone is 2. The van der Waals surface area contributed by atoms with Crippen LogP contribution in [0.4, 0.5) is 5.82 Å². The van der Waals surface area contributed by atoms with E-state index in [0.29, 0.717) is 12.4 Å². The average Bonchev–Trinajstić information content (AvgIpc) is 3.04. The maximum absolute atomic E-state index is 11.8. The van der Waals surface area contributed by atoms with Crippen LogP contribution in [0, 0.1) is 0 Å². The number of aromatic nitrogens is 2. The van der Waals surface area contributed by atoms with Gasteiger partial charge in [0.25, 0.3) is 0 Å². The first-order valence-electron chi connectivity index (χ1n) is 7.37. The highest BCUT2D eigenvalue weighted by Gasteiger charge is 2.20. The Morgan fingerprint density at radius 3 is 2.90 bits per heavy atom. The van der Waals surface area contributed by atoms with E-state index in [-0.39, 0.29) is 5.69 Å². The number of hydrogen-bond donors (Lipinski definition) is 1. The van der Waals surface area contributed by atoms with Gasteiger partial charge in [-0.2, -0.15) is 0 Å². The van der Waals surface area contributed by atoms with Crippen LogP contribution in [0.2, 0.25) is 0 Å². The molecule has 0 unspecified atom stereocenters. The van der Waals surface area contributed by atoms with Crippen molar-refractivity contribution in [2.75, 3.05) is 12.3 Å². The van der Waals surface area contributed by atoms with Crippen molar-refractivity contribution in [1.29, 1.82) is 0 Å². The molecular weight excluding hydrogens is 254 g/mol. The van der Waals surface area contributed by atoms with E-state index in [2.05, 4.69) is 11.1 Å². The summed E-state index contributed by atoms with van der Waals surface area (Å²) in [5.41, 5.74) is 7.81. The van der Waals surface area contributed by atoms with Crippen LogP contribution in [0.25, 0.3) is 0 Å². The van der Waals surface area contributed by atoms with Gasteiger partial charge in [-0.05, 0) is 32.6 Å². The number of imidazole rings is 1. The van der Waals surface area contributed by atoms with E-state index in [9.17, 15) is 4.79 Å². The summed E-state index contributed by atoms with van der Waals surface area (Å²) in [6, 6.07) is 0. The van der Waals surface area contributed by atoms with E-state index in [1.54, 1.807) is 6.92 Å². The van der Waals surface area contributed by atoms with Crippen LogP contribution < -0.4 is 5.73 Å². The summed E-state index contributed by atoms with van der Waals surface area (Å²) >= 11 is 0. The zero-order valence-electron chi connectivity index (χ0n) is 12.3. The third-order valence-electron chi connectivity index (χ3n) is 3.66. The Kier molecular flexibility index (Phi) is 4.82. The number of nitrogens with zero attached hydrogens (tertiary/aromatic N) is 2. The molecule has 5 heteroatoms. The smallest absolute Gasteiger partial charge is 0.360 e. The van der Waals surface area contributed by atoms with Crippen LogP contribution >= 0.6 is 0 Å². The van der Waals surface area contributed by atoms with Crippen LogP contribution in [0.15, 0.2) is 11.6 Å². The van der Waals surface area contributed by atoms with Gasteiger partial charge in [-0.3, -0.25) is 0 Å². The molecule has 0 aliphatic heterocycles. The maximum Gasteiger partial charge on any atom is 0.360 e. The van der Waals surface area contributed by atoms with E-state index in [0.717, 1.165) is 25.2 Å². The normalized spacial score (nSPS) is 14.4. The minimum atomic E-state index is -0.432. The summed E-state index contributed by atoms with van der Waals surface area (Å²) in [6.07, 6.45) is 7.66. The van der Waals surface area contributed by atoms with E-state index in [1.165, 1.54) is 24.8 Å². The van der Waals surface area contributed by atoms with Gasteiger partial charge in [0, 0.05) is 13.0 Å². The minimum absolute atomic E-state index is 0.254. The molecule has 0 spiro atoms. The van der Waals surface area contributed by atoms with Crippen LogP contribution in [0.1, 0.15) is 55.8 Å². The van der Waals surface area contributed by atoms with Crippen LogP contribution in [0.3, 0.4) is 0 Å². The molecule has 0 aromatic carbocycles. The van der Waals surface area contributed by atoms with Gasteiger partial charge in [0.05, 0.1) is 6.61 Å². The lowest BCUT2D eigenvalue weighted by atomic mass is 10.1. The van der Waals surface area contributed by atoms with E-state index < -0.39 is 5.97 Å². The lowest BCUT2D eigenvalue weighted by Crippen LogP contribution is -2.10. The van der Waals surface area contributed by atoms with Crippen LogP contribution in [-0.4, -0.2) is 22.1 Å². The Morgan fingerprint density at radius 2 is 2.30 bits per heavy atom. The maximum atomic E-state index is 11.8. The number of nitrogen functional groups attached to an aromatic ring is 1. The number of ether oxygens (including phenoxy) is 1. The van der Waals surface area contributed by atoms with Crippen LogP contribution in [-0.2, 0) is 17.7 Å². The molecule has 0 amide bonds. The molecule has 0 atom stereocenters. The number of anilines is 1. The molecular formula is C15H23N3O2. The molecule has 0 fully saturated rings. The Morgan fingerprint density at radius 1 is 1.50 bits per heavy atom. The van der Waals surface area contributed by atoms with Crippen molar-refractivity contribution >= 4 is 11.8 Å². The van der Waals surface area contributed by atoms with E-state index in [1.807, 2.05) is 11.5 Å². The quantitative estimate of drug-likeness (QED) is 0.641. The lowest BCUT2D eigenvalue weighted by molar-refractivity contribution is 0.0521. The van der Waals surface area contributed by atoms with Crippen molar-refractivity contribution in [3.05, 3.63) is 23.2 Å². The topological polar surface area (TPSA) is 70.1 Å².